The fourth-order valence-electron chi connectivity index (χ4n) is 2.62. The van der Waals surface area contributed by atoms with Gasteiger partial charge in [-0.2, -0.15) is 0 Å². The maximum absolute atomic E-state index is 12.0. The van der Waals surface area contributed by atoms with Gasteiger partial charge in [0.1, 0.15) is 0 Å². The van der Waals surface area contributed by atoms with Gasteiger partial charge in [-0.3, -0.25) is 4.79 Å². The second kappa shape index (κ2) is 7.93. The van der Waals surface area contributed by atoms with Crippen molar-refractivity contribution in [3.05, 3.63) is 18.5 Å². The molecule has 2 heterocycles. The Morgan fingerprint density at radius 2 is 2.10 bits per heavy atom. The van der Waals surface area contributed by atoms with E-state index in [0.29, 0.717) is 18.9 Å². The first-order chi connectivity index (χ1) is 10.2. The molecule has 1 aromatic rings. The third kappa shape index (κ3) is 4.67. The van der Waals surface area contributed by atoms with E-state index in [1.165, 1.54) is 0 Å². The Bertz CT molecular complexity index is 427. The standard InChI is InChI=1S/C15H25N5O/c1-2-12(11-16)10-14(21)19-13-4-8-20(9-5-13)15-17-6-3-7-18-15/h3,6-7,12-13H,2,4-5,8-11,16H2,1H3,(H,19,21). The van der Waals surface area contributed by atoms with Crippen LogP contribution in [0, 0.1) is 5.92 Å². The maximum atomic E-state index is 12.0. The summed E-state index contributed by atoms with van der Waals surface area (Å²) in [6.07, 6.45) is 6.87. The average molecular weight is 291 g/mol. The molecule has 0 aliphatic carbocycles. The van der Waals surface area contributed by atoms with Crippen LogP contribution in [-0.2, 0) is 4.79 Å². The zero-order chi connectivity index (χ0) is 15.1. The summed E-state index contributed by atoms with van der Waals surface area (Å²) in [7, 11) is 0. The van der Waals surface area contributed by atoms with Crippen LogP contribution in [0.25, 0.3) is 0 Å². The number of anilines is 1. The molecule has 0 radical (unpaired) electrons. The van der Waals surface area contributed by atoms with Crippen LogP contribution >= 0.6 is 0 Å². The Morgan fingerprint density at radius 3 is 2.67 bits per heavy atom. The number of piperidine rings is 1. The number of aromatic nitrogens is 2. The van der Waals surface area contributed by atoms with Gasteiger partial charge >= 0.3 is 0 Å². The average Bonchev–Trinajstić information content (AvgIpc) is 2.54. The Labute approximate surface area is 126 Å². The van der Waals surface area contributed by atoms with E-state index in [-0.39, 0.29) is 11.9 Å². The number of amides is 1. The fourth-order valence-corrected chi connectivity index (χ4v) is 2.62. The van der Waals surface area contributed by atoms with Crippen molar-refractivity contribution in [3.63, 3.8) is 0 Å². The van der Waals surface area contributed by atoms with Gasteiger partial charge in [0.05, 0.1) is 0 Å². The first kappa shape index (κ1) is 15.7. The van der Waals surface area contributed by atoms with E-state index in [4.69, 9.17) is 5.73 Å². The summed E-state index contributed by atoms with van der Waals surface area (Å²) in [5, 5.41) is 3.13. The molecule has 1 aromatic heterocycles. The zero-order valence-electron chi connectivity index (χ0n) is 12.7. The number of hydrogen-bond donors (Lipinski definition) is 2. The molecule has 21 heavy (non-hydrogen) atoms. The normalized spacial score (nSPS) is 17.5. The summed E-state index contributed by atoms with van der Waals surface area (Å²) in [5.41, 5.74) is 5.65. The monoisotopic (exact) mass is 291 g/mol. The lowest BCUT2D eigenvalue weighted by Gasteiger charge is -2.32. The van der Waals surface area contributed by atoms with Gasteiger partial charge in [-0.15, -0.1) is 0 Å². The Kier molecular flexibility index (Phi) is 5.92. The number of carbonyl (C=O) groups excluding carboxylic acids is 1. The highest BCUT2D eigenvalue weighted by Gasteiger charge is 2.22. The van der Waals surface area contributed by atoms with Crippen molar-refractivity contribution in [1.29, 1.82) is 0 Å². The van der Waals surface area contributed by atoms with Crippen LogP contribution < -0.4 is 16.0 Å². The van der Waals surface area contributed by atoms with E-state index in [1.807, 2.05) is 6.07 Å². The van der Waals surface area contributed by atoms with Crippen molar-refractivity contribution in [1.82, 2.24) is 15.3 Å². The topological polar surface area (TPSA) is 84.1 Å². The second-order valence-corrected chi connectivity index (χ2v) is 5.59. The van der Waals surface area contributed by atoms with Crippen LogP contribution in [0.1, 0.15) is 32.6 Å². The predicted octanol–water partition coefficient (Wildman–Crippen LogP) is 0.937. The molecular weight excluding hydrogens is 266 g/mol. The van der Waals surface area contributed by atoms with Crippen LogP contribution in [0.4, 0.5) is 5.95 Å². The minimum absolute atomic E-state index is 0.127. The summed E-state index contributed by atoms with van der Waals surface area (Å²) in [6, 6.07) is 2.07. The lowest BCUT2D eigenvalue weighted by atomic mass is 10.0. The summed E-state index contributed by atoms with van der Waals surface area (Å²) in [4.78, 5) is 22.7. The largest absolute Gasteiger partial charge is 0.353 e. The molecule has 1 aliphatic heterocycles. The van der Waals surface area contributed by atoms with E-state index in [9.17, 15) is 4.79 Å². The molecule has 1 atom stereocenters. The number of nitrogens with two attached hydrogens (primary N) is 1. The van der Waals surface area contributed by atoms with E-state index in [0.717, 1.165) is 38.3 Å². The van der Waals surface area contributed by atoms with Crippen LogP contribution in [0.2, 0.25) is 0 Å². The van der Waals surface area contributed by atoms with Gasteiger partial charge in [-0.25, -0.2) is 9.97 Å². The van der Waals surface area contributed by atoms with E-state index in [2.05, 4.69) is 27.1 Å². The van der Waals surface area contributed by atoms with E-state index in [1.54, 1.807) is 12.4 Å². The van der Waals surface area contributed by atoms with Crippen molar-refractivity contribution in [2.45, 2.75) is 38.6 Å². The molecule has 0 bridgehead atoms. The lowest BCUT2D eigenvalue weighted by Crippen LogP contribution is -2.45. The van der Waals surface area contributed by atoms with Crippen LogP contribution in [0.15, 0.2) is 18.5 Å². The van der Waals surface area contributed by atoms with Crippen molar-refractivity contribution in [2.24, 2.45) is 11.7 Å². The molecular formula is C15H25N5O. The summed E-state index contributed by atoms with van der Waals surface area (Å²) in [6.45, 7) is 4.41. The third-order valence-corrected chi connectivity index (χ3v) is 4.08. The smallest absolute Gasteiger partial charge is 0.225 e. The Hall–Kier alpha value is -1.69. The van der Waals surface area contributed by atoms with Crippen molar-refractivity contribution < 1.29 is 4.79 Å². The summed E-state index contributed by atoms with van der Waals surface area (Å²) < 4.78 is 0. The van der Waals surface area contributed by atoms with Crippen molar-refractivity contribution >= 4 is 11.9 Å². The minimum Gasteiger partial charge on any atom is -0.353 e. The van der Waals surface area contributed by atoms with Gasteiger partial charge in [-0.1, -0.05) is 13.3 Å². The van der Waals surface area contributed by atoms with Crippen molar-refractivity contribution in [2.75, 3.05) is 24.5 Å². The van der Waals surface area contributed by atoms with Gasteiger partial charge in [0.25, 0.3) is 0 Å². The second-order valence-electron chi connectivity index (χ2n) is 5.59. The Morgan fingerprint density at radius 1 is 1.43 bits per heavy atom. The first-order valence-corrected chi connectivity index (χ1v) is 7.74. The highest BCUT2D eigenvalue weighted by Crippen LogP contribution is 2.16. The molecule has 116 valence electrons. The SMILES string of the molecule is CCC(CN)CC(=O)NC1CCN(c2ncccn2)CC1. The summed E-state index contributed by atoms with van der Waals surface area (Å²) in [5.74, 6) is 1.20. The fraction of sp³-hybridized carbons (Fsp3) is 0.667. The molecule has 1 aliphatic rings. The first-order valence-electron chi connectivity index (χ1n) is 7.74. The molecule has 1 unspecified atom stereocenters. The highest BCUT2D eigenvalue weighted by molar-refractivity contribution is 5.76. The van der Waals surface area contributed by atoms with Gasteiger partial charge in [-0.05, 0) is 31.4 Å². The Balaban J connectivity index is 1.75. The lowest BCUT2D eigenvalue weighted by molar-refractivity contribution is -0.122. The number of carbonyl (C=O) groups is 1. The summed E-state index contributed by atoms with van der Waals surface area (Å²) >= 11 is 0. The molecule has 0 spiro atoms. The predicted molar refractivity (Wildman–Crippen MR) is 82.9 cm³/mol. The number of nitrogens with zero attached hydrogens (tertiary/aromatic N) is 3. The molecule has 2 rings (SSSR count). The highest BCUT2D eigenvalue weighted by atomic mass is 16.1. The number of rotatable bonds is 6. The minimum atomic E-state index is 0.127. The molecule has 0 saturated carbocycles. The molecule has 1 fully saturated rings. The van der Waals surface area contributed by atoms with Crippen LogP contribution in [0.5, 0.6) is 0 Å². The quantitative estimate of drug-likeness (QED) is 0.815. The molecule has 1 amide bonds. The van der Waals surface area contributed by atoms with Crippen LogP contribution in [0.3, 0.4) is 0 Å². The van der Waals surface area contributed by atoms with Gasteiger partial charge < -0.3 is 16.0 Å². The van der Waals surface area contributed by atoms with E-state index < -0.39 is 0 Å². The zero-order valence-corrected chi connectivity index (χ0v) is 12.7. The van der Waals surface area contributed by atoms with Crippen LogP contribution in [-0.4, -0.2) is 41.6 Å². The van der Waals surface area contributed by atoms with E-state index >= 15 is 0 Å². The molecule has 3 N–H and O–H groups in total. The maximum Gasteiger partial charge on any atom is 0.225 e. The molecule has 6 heteroatoms. The van der Waals surface area contributed by atoms with Crippen molar-refractivity contribution in [3.8, 4) is 0 Å². The van der Waals surface area contributed by atoms with Gasteiger partial charge in [0.15, 0.2) is 0 Å². The van der Waals surface area contributed by atoms with Gasteiger partial charge in [0.2, 0.25) is 11.9 Å². The third-order valence-electron chi connectivity index (χ3n) is 4.08. The van der Waals surface area contributed by atoms with Gasteiger partial charge in [0, 0.05) is 37.9 Å². The molecule has 0 aromatic carbocycles. The number of nitrogens with one attached hydrogen (secondary N) is 1. The molecule has 6 nitrogen and oxygen atoms in total. The molecule has 1 saturated heterocycles. The number of hydrogen-bond acceptors (Lipinski definition) is 5.